The van der Waals surface area contributed by atoms with Gasteiger partial charge in [-0.3, -0.25) is 4.68 Å². The molecule has 0 aliphatic heterocycles. The summed E-state index contributed by atoms with van der Waals surface area (Å²) in [7, 11) is 4.08. The molecule has 1 heterocycles. The molecule has 0 saturated carbocycles. The fourth-order valence-electron chi connectivity index (χ4n) is 1.48. The van der Waals surface area contributed by atoms with Crippen LogP contribution in [0.5, 0.6) is 0 Å². The Bertz CT molecular complexity index is 305. The van der Waals surface area contributed by atoms with E-state index in [4.69, 9.17) is 5.11 Å². The molecule has 4 heteroatoms. The van der Waals surface area contributed by atoms with Crippen LogP contribution in [-0.4, -0.2) is 40.4 Å². The van der Waals surface area contributed by atoms with Gasteiger partial charge in [0, 0.05) is 17.8 Å². The molecule has 1 aromatic rings. The van der Waals surface area contributed by atoms with E-state index in [2.05, 4.69) is 10.00 Å². The van der Waals surface area contributed by atoms with Crippen molar-refractivity contribution in [2.24, 2.45) is 0 Å². The maximum Gasteiger partial charge on any atom is 0.0718 e. The van der Waals surface area contributed by atoms with Crippen LogP contribution in [0.2, 0.25) is 0 Å². The largest absolute Gasteiger partial charge is 0.392 e. The van der Waals surface area contributed by atoms with Gasteiger partial charge in [0.15, 0.2) is 0 Å². The molecule has 0 atom stereocenters. The van der Waals surface area contributed by atoms with Gasteiger partial charge in [0.2, 0.25) is 0 Å². The van der Waals surface area contributed by atoms with Crippen molar-refractivity contribution in [2.75, 3.05) is 20.6 Å². The first kappa shape index (κ1) is 11.2. The quantitative estimate of drug-likeness (QED) is 0.766. The van der Waals surface area contributed by atoms with E-state index in [1.54, 1.807) is 0 Å². The molecule has 0 aliphatic rings. The highest BCUT2D eigenvalue weighted by Crippen LogP contribution is 2.12. The highest BCUT2D eigenvalue weighted by Gasteiger charge is 2.09. The second-order valence-corrected chi connectivity index (χ2v) is 3.83. The van der Waals surface area contributed by atoms with Crippen LogP contribution in [-0.2, 0) is 13.2 Å². The molecule has 0 radical (unpaired) electrons. The van der Waals surface area contributed by atoms with Gasteiger partial charge in [-0.2, -0.15) is 5.10 Å². The Morgan fingerprint density at radius 1 is 1.36 bits per heavy atom. The van der Waals surface area contributed by atoms with Gasteiger partial charge in [0.25, 0.3) is 0 Å². The topological polar surface area (TPSA) is 41.3 Å². The van der Waals surface area contributed by atoms with E-state index in [1.165, 1.54) is 0 Å². The average molecular weight is 197 g/mol. The van der Waals surface area contributed by atoms with E-state index in [0.717, 1.165) is 30.0 Å². The van der Waals surface area contributed by atoms with Gasteiger partial charge in [-0.15, -0.1) is 0 Å². The standard InChI is InChI=1S/C10H19N3O/c1-8-10(7-14)9(2)13(11-8)6-5-12(3)4/h14H,5-7H2,1-4H3. The molecular formula is C10H19N3O. The second kappa shape index (κ2) is 4.57. The smallest absolute Gasteiger partial charge is 0.0718 e. The number of nitrogens with zero attached hydrogens (tertiary/aromatic N) is 3. The summed E-state index contributed by atoms with van der Waals surface area (Å²) < 4.78 is 1.96. The molecule has 0 amide bonds. The number of rotatable bonds is 4. The third-order valence-corrected chi connectivity index (χ3v) is 2.45. The summed E-state index contributed by atoms with van der Waals surface area (Å²) in [6, 6.07) is 0. The second-order valence-electron chi connectivity index (χ2n) is 3.83. The molecule has 1 aromatic heterocycles. The van der Waals surface area contributed by atoms with E-state index >= 15 is 0 Å². The number of aliphatic hydroxyl groups is 1. The summed E-state index contributed by atoms with van der Waals surface area (Å²) in [4.78, 5) is 2.12. The Balaban J connectivity index is 2.78. The molecule has 0 unspecified atom stereocenters. The number of likely N-dealkylation sites (N-methyl/N-ethyl adjacent to an activating group) is 1. The van der Waals surface area contributed by atoms with Gasteiger partial charge in [-0.05, 0) is 27.9 Å². The normalized spacial score (nSPS) is 11.3. The van der Waals surface area contributed by atoms with Crippen molar-refractivity contribution in [3.63, 3.8) is 0 Å². The van der Waals surface area contributed by atoms with Gasteiger partial charge in [0.05, 0.1) is 18.8 Å². The Labute approximate surface area is 85.1 Å². The van der Waals surface area contributed by atoms with Crippen LogP contribution in [0.1, 0.15) is 17.0 Å². The first-order valence-electron chi connectivity index (χ1n) is 4.84. The Hall–Kier alpha value is -0.870. The predicted octanol–water partition coefficient (Wildman–Crippen LogP) is 0.554. The zero-order valence-corrected chi connectivity index (χ0v) is 9.41. The molecule has 0 aliphatic carbocycles. The van der Waals surface area contributed by atoms with E-state index in [9.17, 15) is 0 Å². The van der Waals surface area contributed by atoms with Gasteiger partial charge in [-0.25, -0.2) is 0 Å². The molecule has 1 rings (SSSR count). The predicted molar refractivity (Wildman–Crippen MR) is 56.2 cm³/mol. The van der Waals surface area contributed by atoms with E-state index in [0.29, 0.717) is 0 Å². The minimum Gasteiger partial charge on any atom is -0.392 e. The maximum absolute atomic E-state index is 9.13. The van der Waals surface area contributed by atoms with Crippen LogP contribution in [0.3, 0.4) is 0 Å². The number of hydrogen-bond donors (Lipinski definition) is 1. The summed E-state index contributed by atoms with van der Waals surface area (Å²) in [6.45, 7) is 5.86. The van der Waals surface area contributed by atoms with Crippen molar-refractivity contribution in [3.8, 4) is 0 Å². The number of aromatic nitrogens is 2. The summed E-state index contributed by atoms with van der Waals surface area (Å²) >= 11 is 0. The Morgan fingerprint density at radius 3 is 2.43 bits per heavy atom. The third-order valence-electron chi connectivity index (χ3n) is 2.45. The van der Waals surface area contributed by atoms with E-state index in [1.807, 2.05) is 32.6 Å². The molecular weight excluding hydrogens is 178 g/mol. The first-order valence-corrected chi connectivity index (χ1v) is 4.84. The SMILES string of the molecule is Cc1nn(CCN(C)C)c(C)c1CO. The summed E-state index contributed by atoms with van der Waals surface area (Å²) in [5.74, 6) is 0. The van der Waals surface area contributed by atoms with Crippen molar-refractivity contribution >= 4 is 0 Å². The van der Waals surface area contributed by atoms with Gasteiger partial charge >= 0.3 is 0 Å². The lowest BCUT2D eigenvalue weighted by molar-refractivity contribution is 0.280. The molecule has 0 spiro atoms. The minimum atomic E-state index is 0.0830. The minimum absolute atomic E-state index is 0.0830. The highest BCUT2D eigenvalue weighted by molar-refractivity contribution is 5.23. The maximum atomic E-state index is 9.13. The Kier molecular flexibility index (Phi) is 3.66. The molecule has 0 saturated heterocycles. The van der Waals surface area contributed by atoms with Gasteiger partial charge in [-0.1, -0.05) is 0 Å². The van der Waals surface area contributed by atoms with E-state index < -0.39 is 0 Å². The lowest BCUT2D eigenvalue weighted by Crippen LogP contribution is -2.19. The number of aryl methyl sites for hydroxylation is 1. The average Bonchev–Trinajstić information content (AvgIpc) is 2.38. The Morgan fingerprint density at radius 2 is 2.00 bits per heavy atom. The van der Waals surface area contributed by atoms with Crippen LogP contribution in [0.25, 0.3) is 0 Å². The molecule has 0 bridgehead atoms. The zero-order chi connectivity index (χ0) is 10.7. The van der Waals surface area contributed by atoms with E-state index in [-0.39, 0.29) is 6.61 Å². The molecule has 0 fully saturated rings. The first-order chi connectivity index (χ1) is 6.56. The molecule has 1 N–H and O–H groups in total. The monoisotopic (exact) mass is 197 g/mol. The summed E-state index contributed by atoms with van der Waals surface area (Å²) in [5.41, 5.74) is 2.97. The summed E-state index contributed by atoms with van der Waals surface area (Å²) in [6.07, 6.45) is 0. The fourth-order valence-corrected chi connectivity index (χ4v) is 1.48. The molecule has 14 heavy (non-hydrogen) atoms. The van der Waals surface area contributed by atoms with Crippen molar-refractivity contribution < 1.29 is 5.11 Å². The fraction of sp³-hybridized carbons (Fsp3) is 0.700. The molecule has 80 valence electrons. The van der Waals surface area contributed by atoms with Crippen molar-refractivity contribution in [1.82, 2.24) is 14.7 Å². The lowest BCUT2D eigenvalue weighted by atomic mass is 10.2. The molecule has 4 nitrogen and oxygen atoms in total. The number of aliphatic hydroxyl groups excluding tert-OH is 1. The van der Waals surface area contributed by atoms with Gasteiger partial charge < -0.3 is 10.0 Å². The number of hydrogen-bond acceptors (Lipinski definition) is 3. The van der Waals surface area contributed by atoms with Gasteiger partial charge in [0.1, 0.15) is 0 Å². The van der Waals surface area contributed by atoms with Crippen LogP contribution in [0, 0.1) is 13.8 Å². The van der Waals surface area contributed by atoms with Crippen LogP contribution in [0.4, 0.5) is 0 Å². The zero-order valence-electron chi connectivity index (χ0n) is 9.41. The summed E-state index contributed by atoms with van der Waals surface area (Å²) in [5, 5.41) is 13.5. The van der Waals surface area contributed by atoms with Crippen LogP contribution < -0.4 is 0 Å². The van der Waals surface area contributed by atoms with Crippen molar-refractivity contribution in [3.05, 3.63) is 17.0 Å². The highest BCUT2D eigenvalue weighted by atomic mass is 16.3. The van der Waals surface area contributed by atoms with Crippen LogP contribution >= 0.6 is 0 Å². The van der Waals surface area contributed by atoms with Crippen molar-refractivity contribution in [2.45, 2.75) is 27.0 Å². The van der Waals surface area contributed by atoms with Crippen molar-refractivity contribution in [1.29, 1.82) is 0 Å². The lowest BCUT2D eigenvalue weighted by Gasteiger charge is -2.10. The third kappa shape index (κ3) is 2.33. The van der Waals surface area contributed by atoms with Crippen LogP contribution in [0.15, 0.2) is 0 Å². The molecule has 0 aromatic carbocycles.